The second-order valence-electron chi connectivity index (χ2n) is 6.89. The maximum absolute atomic E-state index is 12.0. The highest BCUT2D eigenvalue weighted by molar-refractivity contribution is 7.15. The first kappa shape index (κ1) is 20.2. The van der Waals surface area contributed by atoms with Crippen molar-refractivity contribution in [1.82, 2.24) is 4.98 Å². The van der Waals surface area contributed by atoms with Crippen molar-refractivity contribution in [3.63, 3.8) is 0 Å². The van der Waals surface area contributed by atoms with Gasteiger partial charge in [-0.15, -0.1) is 11.3 Å². The molecule has 7 heteroatoms. The van der Waals surface area contributed by atoms with Gasteiger partial charge in [-0.05, 0) is 30.7 Å². The fourth-order valence-corrected chi connectivity index (χ4v) is 4.08. The molecule has 0 aliphatic carbocycles. The van der Waals surface area contributed by atoms with Gasteiger partial charge in [0.25, 0.3) is 0 Å². The summed E-state index contributed by atoms with van der Waals surface area (Å²) in [5.74, 6) is -0.0595. The normalized spacial score (nSPS) is 11.6. The van der Waals surface area contributed by atoms with Crippen LogP contribution in [0.4, 0.5) is 5.13 Å². The second-order valence-corrected chi connectivity index (χ2v) is 8.82. The van der Waals surface area contributed by atoms with Crippen LogP contribution in [0.2, 0.25) is 10.0 Å². The number of nitrogens with one attached hydrogen (secondary N) is 1. The summed E-state index contributed by atoms with van der Waals surface area (Å²) in [5, 5.41) is 4.74. The Morgan fingerprint density at radius 1 is 1.32 bits per heavy atom. The molecule has 1 amide bonds. The van der Waals surface area contributed by atoms with Crippen LogP contribution in [-0.2, 0) is 16.6 Å². The smallest absolute Gasteiger partial charge is 0.226 e. The van der Waals surface area contributed by atoms with Crippen LogP contribution in [0.5, 0.6) is 0 Å². The first-order chi connectivity index (χ1) is 11.7. The standard InChI is InChI=1S/C18H23Cl2N3OS/c1-18(2,3)16-14(9-11-6-7-12(19)10-13(11)20)25-17(23-16)22-15(24)5-4-8-21/h6-7,10H,4-5,8-9,21H2,1-3H3,(H,22,23,24). The summed E-state index contributed by atoms with van der Waals surface area (Å²) >= 11 is 13.8. The number of nitrogens with two attached hydrogens (primary N) is 1. The third kappa shape index (κ3) is 5.68. The van der Waals surface area contributed by atoms with Gasteiger partial charge >= 0.3 is 0 Å². The van der Waals surface area contributed by atoms with Crippen molar-refractivity contribution in [3.05, 3.63) is 44.4 Å². The zero-order valence-corrected chi connectivity index (χ0v) is 17.0. The molecule has 136 valence electrons. The topological polar surface area (TPSA) is 68.0 Å². The maximum atomic E-state index is 12.0. The third-order valence-corrected chi connectivity index (χ3v) is 5.19. The number of thiazole rings is 1. The van der Waals surface area contributed by atoms with Gasteiger partial charge in [0.2, 0.25) is 5.91 Å². The van der Waals surface area contributed by atoms with Crippen molar-refractivity contribution >= 4 is 45.6 Å². The van der Waals surface area contributed by atoms with Crippen LogP contribution in [0.25, 0.3) is 0 Å². The summed E-state index contributed by atoms with van der Waals surface area (Å²) in [5.41, 5.74) is 7.27. The summed E-state index contributed by atoms with van der Waals surface area (Å²) in [7, 11) is 0. The Labute approximate surface area is 162 Å². The molecular formula is C18H23Cl2N3OS. The molecular weight excluding hydrogens is 377 g/mol. The van der Waals surface area contributed by atoms with Crippen molar-refractivity contribution in [2.45, 2.75) is 45.4 Å². The van der Waals surface area contributed by atoms with Crippen LogP contribution in [0.1, 0.15) is 49.7 Å². The Kier molecular flexibility index (Phi) is 6.86. The molecule has 0 unspecified atom stereocenters. The number of anilines is 1. The average Bonchev–Trinajstić information content (AvgIpc) is 2.90. The number of rotatable bonds is 6. The third-order valence-electron chi connectivity index (χ3n) is 3.63. The minimum absolute atomic E-state index is 0.0595. The molecule has 0 aliphatic heterocycles. The maximum Gasteiger partial charge on any atom is 0.226 e. The van der Waals surface area contributed by atoms with Gasteiger partial charge < -0.3 is 11.1 Å². The Morgan fingerprint density at radius 3 is 2.64 bits per heavy atom. The van der Waals surface area contributed by atoms with Crippen molar-refractivity contribution < 1.29 is 4.79 Å². The first-order valence-corrected chi connectivity index (χ1v) is 9.72. The summed E-state index contributed by atoms with van der Waals surface area (Å²) in [6.45, 7) is 6.82. The number of nitrogens with zero attached hydrogens (tertiary/aromatic N) is 1. The summed E-state index contributed by atoms with van der Waals surface area (Å²) in [4.78, 5) is 17.7. The summed E-state index contributed by atoms with van der Waals surface area (Å²) in [6.07, 6.45) is 1.72. The number of hydrogen-bond donors (Lipinski definition) is 2. The summed E-state index contributed by atoms with van der Waals surface area (Å²) < 4.78 is 0. The minimum Gasteiger partial charge on any atom is -0.330 e. The van der Waals surface area contributed by atoms with Gasteiger partial charge in [-0.25, -0.2) is 4.98 Å². The number of hydrogen-bond acceptors (Lipinski definition) is 4. The van der Waals surface area contributed by atoms with E-state index in [0.717, 1.165) is 16.1 Å². The number of aromatic nitrogens is 1. The average molecular weight is 400 g/mol. The van der Waals surface area contributed by atoms with E-state index in [9.17, 15) is 4.79 Å². The van der Waals surface area contributed by atoms with Gasteiger partial charge in [0, 0.05) is 33.2 Å². The number of carbonyl (C=O) groups is 1. The molecule has 2 rings (SSSR count). The quantitative estimate of drug-likeness (QED) is 0.716. The van der Waals surface area contributed by atoms with Gasteiger partial charge in [0.05, 0.1) is 5.69 Å². The number of benzene rings is 1. The van der Waals surface area contributed by atoms with Crippen LogP contribution in [0, 0.1) is 0 Å². The van der Waals surface area contributed by atoms with Crippen molar-refractivity contribution in [2.24, 2.45) is 5.73 Å². The van der Waals surface area contributed by atoms with Crippen molar-refractivity contribution in [3.8, 4) is 0 Å². The predicted molar refractivity (Wildman–Crippen MR) is 107 cm³/mol. The summed E-state index contributed by atoms with van der Waals surface area (Å²) in [6, 6.07) is 5.50. The molecule has 0 atom stereocenters. The van der Waals surface area contributed by atoms with Crippen LogP contribution in [0.15, 0.2) is 18.2 Å². The molecule has 1 aromatic carbocycles. The fourth-order valence-electron chi connectivity index (χ4n) is 2.39. The molecule has 0 fully saturated rings. The lowest BCUT2D eigenvalue weighted by Gasteiger charge is -2.17. The van der Waals surface area contributed by atoms with Crippen molar-refractivity contribution in [1.29, 1.82) is 0 Å². The van der Waals surface area contributed by atoms with E-state index in [0.29, 0.717) is 41.0 Å². The Balaban J connectivity index is 2.28. The van der Waals surface area contributed by atoms with E-state index in [2.05, 4.69) is 31.1 Å². The lowest BCUT2D eigenvalue weighted by Crippen LogP contribution is -2.16. The van der Waals surface area contributed by atoms with E-state index in [4.69, 9.17) is 28.9 Å². The van der Waals surface area contributed by atoms with Gasteiger partial charge in [-0.1, -0.05) is 50.0 Å². The number of amides is 1. The predicted octanol–water partition coefficient (Wildman–Crippen LogP) is 5.02. The van der Waals surface area contributed by atoms with Crippen molar-refractivity contribution in [2.75, 3.05) is 11.9 Å². The van der Waals surface area contributed by atoms with E-state index in [1.807, 2.05) is 12.1 Å². The van der Waals surface area contributed by atoms with E-state index in [-0.39, 0.29) is 11.3 Å². The molecule has 0 spiro atoms. The van der Waals surface area contributed by atoms with Crippen LogP contribution >= 0.6 is 34.5 Å². The number of halogens is 2. The molecule has 1 heterocycles. The molecule has 3 N–H and O–H groups in total. The zero-order valence-electron chi connectivity index (χ0n) is 14.7. The van der Waals surface area contributed by atoms with E-state index in [1.165, 1.54) is 11.3 Å². The molecule has 2 aromatic rings. The van der Waals surface area contributed by atoms with E-state index < -0.39 is 0 Å². The van der Waals surface area contributed by atoms with Crippen LogP contribution in [0.3, 0.4) is 0 Å². The SMILES string of the molecule is CC(C)(C)c1nc(NC(=O)CCCN)sc1Cc1ccc(Cl)cc1Cl. The monoisotopic (exact) mass is 399 g/mol. The molecule has 4 nitrogen and oxygen atoms in total. The van der Waals surface area contributed by atoms with Gasteiger partial charge in [-0.2, -0.15) is 0 Å². The van der Waals surface area contributed by atoms with Gasteiger partial charge in [-0.3, -0.25) is 4.79 Å². The van der Waals surface area contributed by atoms with E-state index >= 15 is 0 Å². The second kappa shape index (κ2) is 8.49. The highest BCUT2D eigenvalue weighted by atomic mass is 35.5. The molecule has 0 aliphatic rings. The highest BCUT2D eigenvalue weighted by Crippen LogP contribution is 2.35. The molecule has 25 heavy (non-hydrogen) atoms. The van der Waals surface area contributed by atoms with Crippen LogP contribution < -0.4 is 11.1 Å². The van der Waals surface area contributed by atoms with Gasteiger partial charge in [0.15, 0.2) is 5.13 Å². The van der Waals surface area contributed by atoms with E-state index in [1.54, 1.807) is 6.07 Å². The largest absolute Gasteiger partial charge is 0.330 e. The Hall–Kier alpha value is -1.14. The fraction of sp³-hybridized carbons (Fsp3) is 0.444. The lowest BCUT2D eigenvalue weighted by molar-refractivity contribution is -0.116. The van der Waals surface area contributed by atoms with Gasteiger partial charge in [0.1, 0.15) is 0 Å². The highest BCUT2D eigenvalue weighted by Gasteiger charge is 2.24. The molecule has 1 aromatic heterocycles. The minimum atomic E-state index is -0.134. The molecule has 0 radical (unpaired) electrons. The molecule has 0 saturated heterocycles. The lowest BCUT2D eigenvalue weighted by atomic mass is 9.90. The molecule has 0 bridgehead atoms. The number of carbonyl (C=O) groups excluding carboxylic acids is 1. The first-order valence-electron chi connectivity index (χ1n) is 8.14. The molecule has 0 saturated carbocycles. The Morgan fingerprint density at radius 2 is 2.04 bits per heavy atom. The Bertz CT molecular complexity index is 753. The zero-order chi connectivity index (χ0) is 18.6. The van der Waals surface area contributed by atoms with Crippen LogP contribution in [-0.4, -0.2) is 17.4 Å².